The highest BCUT2D eigenvalue weighted by Crippen LogP contribution is 2.32. The first-order valence-corrected chi connectivity index (χ1v) is 7.17. The maximum atomic E-state index is 5.93. The summed E-state index contributed by atoms with van der Waals surface area (Å²) in [7, 11) is 0. The second-order valence-corrected chi connectivity index (χ2v) is 5.37. The van der Waals surface area contributed by atoms with Crippen molar-refractivity contribution in [2.24, 2.45) is 0 Å². The van der Waals surface area contributed by atoms with Crippen LogP contribution in [0.3, 0.4) is 0 Å². The molecule has 3 atom stereocenters. The summed E-state index contributed by atoms with van der Waals surface area (Å²) in [4.78, 5) is 2.46. The largest absolute Gasteiger partial charge is 0.376 e. The molecule has 5 nitrogen and oxygen atoms in total. The third kappa shape index (κ3) is 2.68. The van der Waals surface area contributed by atoms with E-state index in [2.05, 4.69) is 10.1 Å². The molecule has 0 unspecified atom stereocenters. The van der Waals surface area contributed by atoms with E-state index in [-0.39, 0.29) is 12.2 Å². The Hall–Kier alpha value is -0.910. The molecule has 1 aromatic heterocycles. The first-order chi connectivity index (χ1) is 9.28. The molecule has 1 saturated carbocycles. The normalized spacial score (nSPS) is 31.6. The summed E-state index contributed by atoms with van der Waals surface area (Å²) in [5, 5.41) is 4.09. The summed E-state index contributed by atoms with van der Waals surface area (Å²) < 4.78 is 16.9. The van der Waals surface area contributed by atoms with Crippen molar-refractivity contribution in [2.75, 3.05) is 19.8 Å². The third-order valence-electron chi connectivity index (χ3n) is 4.07. The molecule has 3 rings (SSSR count). The highest BCUT2D eigenvalue weighted by Gasteiger charge is 2.43. The summed E-state index contributed by atoms with van der Waals surface area (Å²) in [6.07, 6.45) is 2.72. The van der Waals surface area contributed by atoms with Crippen molar-refractivity contribution in [1.29, 1.82) is 0 Å². The van der Waals surface area contributed by atoms with Gasteiger partial charge in [-0.2, -0.15) is 0 Å². The molecule has 2 aliphatic rings. The average molecular weight is 266 g/mol. The molecule has 0 spiro atoms. The maximum absolute atomic E-state index is 5.93. The molecule has 1 aliphatic carbocycles. The Morgan fingerprint density at radius 1 is 1.47 bits per heavy atom. The number of morpholine rings is 1. The van der Waals surface area contributed by atoms with Gasteiger partial charge in [-0.1, -0.05) is 5.16 Å². The van der Waals surface area contributed by atoms with E-state index in [0.29, 0.717) is 6.04 Å². The van der Waals surface area contributed by atoms with Crippen molar-refractivity contribution >= 4 is 0 Å². The molecule has 19 heavy (non-hydrogen) atoms. The monoisotopic (exact) mass is 266 g/mol. The van der Waals surface area contributed by atoms with Crippen LogP contribution in [-0.2, 0) is 16.0 Å². The molecular formula is C14H22N2O3. The van der Waals surface area contributed by atoms with Crippen LogP contribution in [0.2, 0.25) is 0 Å². The van der Waals surface area contributed by atoms with Crippen molar-refractivity contribution in [3.63, 3.8) is 0 Å². The zero-order valence-electron chi connectivity index (χ0n) is 11.7. The van der Waals surface area contributed by atoms with Crippen LogP contribution in [-0.4, -0.2) is 48.1 Å². The second kappa shape index (κ2) is 5.61. The summed E-state index contributed by atoms with van der Waals surface area (Å²) >= 11 is 0. The van der Waals surface area contributed by atoms with E-state index in [0.717, 1.165) is 50.6 Å². The van der Waals surface area contributed by atoms with E-state index in [9.17, 15) is 0 Å². The number of hydrogen-bond acceptors (Lipinski definition) is 5. The van der Waals surface area contributed by atoms with Crippen LogP contribution < -0.4 is 0 Å². The minimum Gasteiger partial charge on any atom is -0.376 e. The zero-order valence-corrected chi connectivity index (χ0v) is 11.7. The quantitative estimate of drug-likeness (QED) is 0.831. The van der Waals surface area contributed by atoms with Gasteiger partial charge in [0, 0.05) is 31.8 Å². The Labute approximate surface area is 113 Å². The Bertz CT molecular complexity index is 421. The highest BCUT2D eigenvalue weighted by molar-refractivity contribution is 5.05. The van der Waals surface area contributed by atoms with Gasteiger partial charge in [-0.15, -0.1) is 0 Å². The summed E-state index contributed by atoms with van der Waals surface area (Å²) in [5.74, 6) is 0.874. The maximum Gasteiger partial charge on any atom is 0.133 e. The van der Waals surface area contributed by atoms with E-state index >= 15 is 0 Å². The summed E-state index contributed by atoms with van der Waals surface area (Å²) in [6, 6.07) is 2.47. The third-order valence-corrected chi connectivity index (χ3v) is 4.07. The Kier molecular flexibility index (Phi) is 3.86. The van der Waals surface area contributed by atoms with E-state index in [1.54, 1.807) is 0 Å². The lowest BCUT2D eigenvalue weighted by molar-refractivity contribution is -0.113. The number of ether oxygens (including phenoxy) is 2. The molecule has 0 amide bonds. The molecule has 2 heterocycles. The Morgan fingerprint density at radius 2 is 2.37 bits per heavy atom. The van der Waals surface area contributed by atoms with Crippen molar-refractivity contribution in [3.8, 4) is 0 Å². The van der Waals surface area contributed by atoms with E-state index in [4.69, 9.17) is 14.0 Å². The van der Waals surface area contributed by atoms with Crippen LogP contribution in [0.1, 0.15) is 31.2 Å². The fourth-order valence-electron chi connectivity index (χ4n) is 3.28. The van der Waals surface area contributed by atoms with Gasteiger partial charge in [-0.25, -0.2) is 0 Å². The minimum atomic E-state index is 0.224. The van der Waals surface area contributed by atoms with E-state index < -0.39 is 0 Å². The minimum absolute atomic E-state index is 0.224. The summed E-state index contributed by atoms with van der Waals surface area (Å²) in [6.45, 7) is 7.33. The van der Waals surface area contributed by atoms with Crippen LogP contribution in [0, 0.1) is 6.92 Å². The van der Waals surface area contributed by atoms with Gasteiger partial charge in [0.15, 0.2) is 0 Å². The highest BCUT2D eigenvalue weighted by atomic mass is 16.5. The lowest BCUT2D eigenvalue weighted by Gasteiger charge is -2.38. The molecule has 1 aliphatic heterocycles. The predicted molar refractivity (Wildman–Crippen MR) is 69.8 cm³/mol. The first-order valence-electron chi connectivity index (χ1n) is 7.17. The molecule has 106 valence electrons. The number of fused-ring (bicyclic) bond motifs is 1. The molecule has 0 N–H and O–H groups in total. The first kappa shape index (κ1) is 13.1. The lowest BCUT2D eigenvalue weighted by Crippen LogP contribution is -2.51. The van der Waals surface area contributed by atoms with Gasteiger partial charge in [0.1, 0.15) is 5.76 Å². The standard InChI is InChI=1S/C14H22N2O3/c1-3-17-13-5-4-12-14(13)18-7-6-16(12)9-11-8-10(2)19-15-11/h8,12-14H,3-7,9H2,1-2H3/t12-,13+,14+/m1/s1. The molecule has 1 aromatic rings. The second-order valence-electron chi connectivity index (χ2n) is 5.37. The predicted octanol–water partition coefficient (Wildman–Crippen LogP) is 1.75. The Morgan fingerprint density at radius 3 is 3.11 bits per heavy atom. The van der Waals surface area contributed by atoms with Gasteiger partial charge < -0.3 is 14.0 Å². The van der Waals surface area contributed by atoms with Crippen molar-refractivity contribution in [2.45, 2.75) is 51.5 Å². The summed E-state index contributed by atoms with van der Waals surface area (Å²) in [5.41, 5.74) is 1.01. The van der Waals surface area contributed by atoms with Gasteiger partial charge in [0.25, 0.3) is 0 Å². The molecular weight excluding hydrogens is 244 g/mol. The number of hydrogen-bond donors (Lipinski definition) is 0. The van der Waals surface area contributed by atoms with E-state index in [1.165, 1.54) is 0 Å². The molecule has 0 aromatic carbocycles. The van der Waals surface area contributed by atoms with Crippen molar-refractivity contribution in [3.05, 3.63) is 17.5 Å². The van der Waals surface area contributed by atoms with Gasteiger partial charge >= 0.3 is 0 Å². The number of rotatable bonds is 4. The smallest absolute Gasteiger partial charge is 0.133 e. The molecule has 0 bridgehead atoms. The van der Waals surface area contributed by atoms with Crippen molar-refractivity contribution in [1.82, 2.24) is 10.1 Å². The molecule has 0 radical (unpaired) electrons. The van der Waals surface area contributed by atoms with Crippen LogP contribution in [0.4, 0.5) is 0 Å². The van der Waals surface area contributed by atoms with Gasteiger partial charge in [0.2, 0.25) is 0 Å². The molecule has 5 heteroatoms. The van der Waals surface area contributed by atoms with Gasteiger partial charge in [-0.3, -0.25) is 4.90 Å². The SMILES string of the molecule is CCO[C@H]1CC[C@@H]2[C@@H]1OCCN2Cc1cc(C)on1. The van der Waals surface area contributed by atoms with Crippen LogP contribution >= 0.6 is 0 Å². The fourth-order valence-corrected chi connectivity index (χ4v) is 3.28. The van der Waals surface area contributed by atoms with Gasteiger partial charge in [-0.05, 0) is 26.7 Å². The number of aromatic nitrogens is 1. The number of aryl methyl sites for hydroxylation is 1. The Balaban J connectivity index is 1.66. The van der Waals surface area contributed by atoms with E-state index in [1.807, 2.05) is 19.9 Å². The molecule has 1 saturated heterocycles. The number of nitrogens with zero attached hydrogens (tertiary/aromatic N) is 2. The van der Waals surface area contributed by atoms with Crippen LogP contribution in [0.25, 0.3) is 0 Å². The fraction of sp³-hybridized carbons (Fsp3) is 0.786. The van der Waals surface area contributed by atoms with Crippen LogP contribution in [0.5, 0.6) is 0 Å². The lowest BCUT2D eigenvalue weighted by atomic mass is 10.1. The van der Waals surface area contributed by atoms with Crippen LogP contribution in [0.15, 0.2) is 10.6 Å². The van der Waals surface area contributed by atoms with Crippen molar-refractivity contribution < 1.29 is 14.0 Å². The average Bonchev–Trinajstić information content (AvgIpc) is 2.98. The van der Waals surface area contributed by atoms with Gasteiger partial charge in [0.05, 0.1) is 24.5 Å². The zero-order chi connectivity index (χ0) is 13.2. The topological polar surface area (TPSA) is 47.7 Å². The molecule has 2 fully saturated rings.